The van der Waals surface area contributed by atoms with Gasteiger partial charge in [0.25, 0.3) is 5.56 Å². The summed E-state index contributed by atoms with van der Waals surface area (Å²) in [5.74, 6) is 0. The van der Waals surface area contributed by atoms with Gasteiger partial charge in [-0.1, -0.05) is 42.1 Å². The van der Waals surface area contributed by atoms with Crippen LogP contribution in [-0.4, -0.2) is 67.0 Å². The van der Waals surface area contributed by atoms with Crippen molar-refractivity contribution in [1.29, 1.82) is 0 Å². The van der Waals surface area contributed by atoms with Gasteiger partial charge < -0.3 is 29.9 Å². The number of rotatable bonds is 7. The van der Waals surface area contributed by atoms with Gasteiger partial charge >= 0.3 is 0 Å². The van der Waals surface area contributed by atoms with Crippen LogP contribution in [0.25, 0.3) is 0 Å². The zero-order chi connectivity index (χ0) is 25.9. The number of aromatic amines is 1. The Bertz CT molecular complexity index is 1330. The van der Waals surface area contributed by atoms with Gasteiger partial charge in [-0.2, -0.15) is 0 Å². The van der Waals surface area contributed by atoms with Crippen molar-refractivity contribution in [2.75, 3.05) is 56.2 Å². The van der Waals surface area contributed by atoms with Crippen molar-refractivity contribution in [3.63, 3.8) is 0 Å². The molecule has 7 nitrogen and oxygen atoms in total. The highest BCUT2D eigenvalue weighted by Crippen LogP contribution is 2.51. The summed E-state index contributed by atoms with van der Waals surface area (Å²) in [6, 6.07) is 16.7. The summed E-state index contributed by atoms with van der Waals surface area (Å²) in [6.45, 7) is 5.16. The van der Waals surface area contributed by atoms with Crippen molar-refractivity contribution in [3.8, 4) is 0 Å². The topological polar surface area (TPSA) is 80.8 Å². The summed E-state index contributed by atoms with van der Waals surface area (Å²) in [7, 11) is 0. The molecule has 1 aromatic heterocycles. The normalized spacial score (nSPS) is 20.4. The van der Waals surface area contributed by atoms with Crippen LogP contribution < -0.4 is 15.8 Å². The number of fused-ring (bicyclic) bond motifs is 2. The molecule has 9 heteroatoms. The highest BCUT2D eigenvalue weighted by Gasteiger charge is 2.29. The summed E-state index contributed by atoms with van der Waals surface area (Å²) in [4.78, 5) is 24.7. The number of nitrogens with zero attached hydrogens (tertiary/aromatic N) is 2. The van der Waals surface area contributed by atoms with E-state index >= 15 is 0 Å². The average molecular weight is 551 g/mol. The first-order chi connectivity index (χ1) is 18.7. The first-order valence-corrected chi connectivity index (χ1v) is 15.1. The van der Waals surface area contributed by atoms with Gasteiger partial charge in [-0.3, -0.25) is 4.79 Å². The minimum Gasteiger partial charge on any atom is -0.394 e. The number of pyridine rings is 1. The Hall–Kier alpha value is -2.43. The molecule has 3 N–H and O–H groups in total. The number of likely N-dealkylation sites (tertiary alicyclic amines) is 1. The molecule has 4 heterocycles. The highest BCUT2D eigenvalue weighted by atomic mass is 32.2. The van der Waals surface area contributed by atoms with E-state index in [1.54, 1.807) is 29.7 Å². The molecule has 2 saturated heterocycles. The van der Waals surface area contributed by atoms with Crippen LogP contribution in [0.2, 0.25) is 0 Å². The van der Waals surface area contributed by atoms with E-state index in [4.69, 9.17) is 4.74 Å². The molecule has 6 rings (SSSR count). The average Bonchev–Trinajstić information content (AvgIpc) is 2.96. The molecule has 0 amide bonds. The third-order valence-electron chi connectivity index (χ3n) is 7.45. The highest BCUT2D eigenvalue weighted by molar-refractivity contribution is 8.05. The number of hydrogen-bond donors (Lipinski definition) is 3. The Labute approximate surface area is 232 Å². The second-order valence-corrected chi connectivity index (χ2v) is 12.3. The van der Waals surface area contributed by atoms with Gasteiger partial charge in [-0.05, 0) is 67.9 Å². The van der Waals surface area contributed by atoms with Gasteiger partial charge in [0.05, 0.1) is 19.3 Å². The van der Waals surface area contributed by atoms with E-state index in [2.05, 4.69) is 56.5 Å². The van der Waals surface area contributed by atoms with Crippen molar-refractivity contribution in [1.82, 2.24) is 9.88 Å². The smallest absolute Gasteiger partial charge is 0.271 e. The van der Waals surface area contributed by atoms with Gasteiger partial charge in [-0.15, -0.1) is 0 Å². The Morgan fingerprint density at radius 3 is 2.76 bits per heavy atom. The number of piperidine rings is 1. The number of anilines is 2. The molecule has 3 aliphatic rings. The Balaban J connectivity index is 1.18. The predicted octanol–water partition coefficient (Wildman–Crippen LogP) is 4.83. The molecular weight excluding hydrogens is 516 g/mol. The minimum atomic E-state index is -0.103. The minimum absolute atomic E-state index is 0.0227. The summed E-state index contributed by atoms with van der Waals surface area (Å²) < 4.78 is 6.23. The van der Waals surface area contributed by atoms with E-state index in [1.807, 2.05) is 12.1 Å². The van der Waals surface area contributed by atoms with Crippen LogP contribution >= 0.6 is 23.5 Å². The summed E-state index contributed by atoms with van der Waals surface area (Å²) in [6.07, 6.45) is 5.38. The van der Waals surface area contributed by atoms with E-state index in [9.17, 15) is 9.90 Å². The van der Waals surface area contributed by atoms with E-state index in [0.29, 0.717) is 25.4 Å². The van der Waals surface area contributed by atoms with Crippen LogP contribution in [0.1, 0.15) is 30.9 Å². The fourth-order valence-electron chi connectivity index (χ4n) is 5.52. The Kier molecular flexibility index (Phi) is 7.99. The molecule has 2 fully saturated rings. The van der Waals surface area contributed by atoms with Gasteiger partial charge in [0.15, 0.2) is 0 Å². The molecule has 0 bridgehead atoms. The van der Waals surface area contributed by atoms with Gasteiger partial charge in [0.1, 0.15) is 11.8 Å². The van der Waals surface area contributed by atoms with Crippen molar-refractivity contribution >= 4 is 34.9 Å². The lowest BCUT2D eigenvalue weighted by molar-refractivity contribution is 0.0378. The molecule has 3 aliphatic heterocycles. The van der Waals surface area contributed by atoms with Crippen LogP contribution in [0, 0.1) is 0 Å². The number of hydrogen-bond acceptors (Lipinski definition) is 8. The molecule has 2 aromatic carbocycles. The van der Waals surface area contributed by atoms with Crippen molar-refractivity contribution in [2.45, 2.75) is 51.0 Å². The summed E-state index contributed by atoms with van der Waals surface area (Å²) in [5.41, 5.74) is 2.85. The number of aliphatic hydroxyl groups excluding tert-OH is 1. The lowest BCUT2D eigenvalue weighted by Gasteiger charge is -2.35. The zero-order valence-electron chi connectivity index (χ0n) is 21.4. The van der Waals surface area contributed by atoms with Crippen LogP contribution in [-0.2, 0) is 4.74 Å². The molecule has 3 aromatic rings. The second kappa shape index (κ2) is 11.8. The Morgan fingerprint density at radius 1 is 1.03 bits per heavy atom. The van der Waals surface area contributed by atoms with Gasteiger partial charge in [0, 0.05) is 51.1 Å². The van der Waals surface area contributed by atoms with E-state index in [0.717, 1.165) is 25.3 Å². The third kappa shape index (κ3) is 5.62. The standard InChI is InChI=1S/C29H34N4O3S2/c34-19-21(17-32-12-2-1-3-13-32)31-20-9-10-25-27(16-20)37-26-8-4-6-22(28(26)38-25)24-18-33(14-15-36-24)23-7-5-11-30-29(23)35/h4-11,16,21,24,31,34H,1-3,12-15,17-19H2,(H,30,35). The molecule has 38 heavy (non-hydrogen) atoms. The number of benzene rings is 2. The lowest BCUT2D eigenvalue weighted by atomic mass is 10.1. The fourth-order valence-corrected chi connectivity index (χ4v) is 7.97. The van der Waals surface area contributed by atoms with E-state index in [1.165, 1.54) is 44.4 Å². The maximum atomic E-state index is 12.4. The predicted molar refractivity (Wildman–Crippen MR) is 154 cm³/mol. The summed E-state index contributed by atoms with van der Waals surface area (Å²) in [5, 5.41) is 13.6. The first kappa shape index (κ1) is 25.8. The van der Waals surface area contributed by atoms with Gasteiger partial charge in [0.2, 0.25) is 0 Å². The monoisotopic (exact) mass is 550 g/mol. The van der Waals surface area contributed by atoms with Crippen molar-refractivity contribution < 1.29 is 9.84 Å². The van der Waals surface area contributed by atoms with Crippen LogP contribution in [0.5, 0.6) is 0 Å². The number of ether oxygens (including phenoxy) is 1. The number of aromatic nitrogens is 1. The molecule has 2 unspecified atom stereocenters. The maximum Gasteiger partial charge on any atom is 0.271 e. The zero-order valence-corrected chi connectivity index (χ0v) is 23.0. The van der Waals surface area contributed by atoms with Gasteiger partial charge in [-0.25, -0.2) is 0 Å². The molecule has 0 spiro atoms. The fraction of sp³-hybridized carbons (Fsp3) is 0.414. The Morgan fingerprint density at radius 2 is 1.92 bits per heavy atom. The molecule has 0 aliphatic carbocycles. The summed E-state index contributed by atoms with van der Waals surface area (Å²) >= 11 is 3.58. The number of nitrogens with one attached hydrogen (secondary N) is 2. The van der Waals surface area contributed by atoms with Crippen LogP contribution in [0.4, 0.5) is 11.4 Å². The number of aliphatic hydroxyl groups is 1. The SMILES string of the molecule is O=c1[nH]cccc1N1CCOC(c2cccc3c2Sc2ccc(NC(CO)CN4CCCCC4)cc2S3)C1. The molecule has 200 valence electrons. The van der Waals surface area contributed by atoms with Crippen LogP contribution in [0.3, 0.4) is 0 Å². The second-order valence-electron chi connectivity index (χ2n) is 10.1. The third-order valence-corrected chi connectivity index (χ3v) is 10.1. The maximum absolute atomic E-state index is 12.4. The first-order valence-electron chi connectivity index (χ1n) is 13.4. The van der Waals surface area contributed by atoms with E-state index in [-0.39, 0.29) is 24.3 Å². The van der Waals surface area contributed by atoms with E-state index < -0.39 is 0 Å². The molecular formula is C29H34N4O3S2. The molecule has 2 atom stereocenters. The lowest BCUT2D eigenvalue weighted by Crippen LogP contribution is -2.41. The molecule has 0 radical (unpaired) electrons. The van der Waals surface area contributed by atoms with Crippen molar-refractivity contribution in [3.05, 3.63) is 70.6 Å². The van der Waals surface area contributed by atoms with Crippen LogP contribution in [0.15, 0.2) is 79.1 Å². The number of H-pyrrole nitrogens is 1. The number of morpholine rings is 1. The quantitative estimate of drug-likeness (QED) is 0.302. The molecule has 0 saturated carbocycles. The van der Waals surface area contributed by atoms with Crippen molar-refractivity contribution in [2.24, 2.45) is 0 Å². The largest absolute Gasteiger partial charge is 0.394 e.